The van der Waals surface area contributed by atoms with Crippen molar-refractivity contribution in [3.05, 3.63) is 11.6 Å². The third-order valence-corrected chi connectivity index (χ3v) is 3.53. The molecule has 0 aromatic carbocycles. The molecule has 15 heteroatoms. The van der Waals surface area contributed by atoms with Crippen molar-refractivity contribution in [1.82, 2.24) is 0 Å². The fourth-order valence-electron chi connectivity index (χ4n) is 1.76. The van der Waals surface area contributed by atoms with E-state index in [1.807, 2.05) is 0 Å². The monoisotopic (exact) mass is 454 g/mol. The van der Waals surface area contributed by atoms with Gasteiger partial charge in [-0.1, -0.05) is 0 Å². The van der Waals surface area contributed by atoms with Crippen LogP contribution < -0.4 is 0 Å². The first-order valence-corrected chi connectivity index (χ1v) is 5.96. The lowest BCUT2D eigenvalue weighted by atomic mass is 9.74. The first-order chi connectivity index (χ1) is 10.1. The van der Waals surface area contributed by atoms with E-state index in [0.717, 1.165) is 15.9 Å². The minimum absolute atomic E-state index is 0.722. The molecule has 0 bridgehead atoms. The highest BCUT2D eigenvalue weighted by molar-refractivity contribution is 9.10. The summed E-state index contributed by atoms with van der Waals surface area (Å²) in [6, 6.07) is 0. The first kappa shape index (κ1) is 21.3. The zero-order valence-corrected chi connectivity index (χ0v) is 11.8. The summed E-state index contributed by atoms with van der Waals surface area (Å²) in [4.78, 5) is -5.95. The average Bonchev–Trinajstić information content (AvgIpc) is 2.29. The van der Waals surface area contributed by atoms with Gasteiger partial charge in [0.05, 0.1) is 5.57 Å². The quantitative estimate of drug-likeness (QED) is 0.284. The van der Waals surface area contributed by atoms with Gasteiger partial charge < -0.3 is 0 Å². The van der Waals surface area contributed by atoms with E-state index >= 15 is 0 Å². The second-order valence-corrected chi connectivity index (χ2v) is 5.55. The maximum Gasteiger partial charge on any atom is 0.433 e. The molecule has 0 amide bonds. The number of allylic oxidation sites excluding steroid dienone is 2. The van der Waals surface area contributed by atoms with E-state index in [-0.39, 0.29) is 0 Å². The summed E-state index contributed by atoms with van der Waals surface area (Å²) in [6.45, 7) is 0. The SMILES string of the molecule is FC(F)(F)C1(F)C(C(F)(F)C(F)(F)Br)=CC(F)(F)C(F)(F)C1(F)F. The zero-order chi connectivity index (χ0) is 19.8. The Hall–Kier alpha value is -0.760. The van der Waals surface area contributed by atoms with Crippen LogP contribution in [0.2, 0.25) is 0 Å². The summed E-state index contributed by atoms with van der Waals surface area (Å²) in [7, 11) is 0. The number of rotatable bonds is 2. The first-order valence-electron chi connectivity index (χ1n) is 5.16. The van der Waals surface area contributed by atoms with Gasteiger partial charge >= 0.3 is 40.4 Å². The molecule has 0 aromatic heterocycles. The fraction of sp³-hybridized carbons (Fsp3) is 0.778. The molecule has 0 saturated carbocycles. The van der Waals surface area contributed by atoms with Crippen LogP contribution in [0.15, 0.2) is 11.6 Å². The van der Waals surface area contributed by atoms with Crippen molar-refractivity contribution in [3.63, 3.8) is 0 Å². The van der Waals surface area contributed by atoms with Crippen molar-refractivity contribution in [2.24, 2.45) is 0 Å². The second kappa shape index (κ2) is 4.90. The minimum Gasteiger partial charge on any atom is -0.221 e. The molecule has 24 heavy (non-hydrogen) atoms. The van der Waals surface area contributed by atoms with Crippen molar-refractivity contribution < 1.29 is 61.5 Å². The number of hydrogen-bond acceptors (Lipinski definition) is 0. The molecule has 1 atom stereocenters. The Morgan fingerprint density at radius 1 is 0.708 bits per heavy atom. The highest BCUT2D eigenvalue weighted by Gasteiger charge is 2.91. The molecule has 0 nitrogen and oxygen atoms in total. The normalized spacial score (nSPS) is 30.0. The molecule has 1 aliphatic carbocycles. The van der Waals surface area contributed by atoms with E-state index in [2.05, 4.69) is 0 Å². The molecule has 0 radical (unpaired) electrons. The van der Waals surface area contributed by atoms with E-state index in [9.17, 15) is 61.5 Å². The fourth-order valence-corrected chi connectivity index (χ4v) is 1.97. The molecule has 0 saturated heterocycles. The molecular formula is C9HBrF14. The molecule has 142 valence electrons. The number of hydrogen-bond donors (Lipinski definition) is 0. The van der Waals surface area contributed by atoms with Crippen LogP contribution in [-0.4, -0.2) is 40.4 Å². The lowest BCUT2D eigenvalue weighted by molar-refractivity contribution is -0.386. The Balaban J connectivity index is 4.00. The van der Waals surface area contributed by atoms with Gasteiger partial charge in [0.15, 0.2) is 0 Å². The van der Waals surface area contributed by atoms with Crippen LogP contribution in [0.5, 0.6) is 0 Å². The summed E-state index contributed by atoms with van der Waals surface area (Å²) in [6.07, 6.45) is -9.63. The Labute approximate surface area is 130 Å². The summed E-state index contributed by atoms with van der Waals surface area (Å²) < 4.78 is 181. The Morgan fingerprint density at radius 2 is 1.08 bits per heavy atom. The third kappa shape index (κ3) is 2.32. The predicted octanol–water partition coefficient (Wildman–Crippen LogP) is 5.73. The van der Waals surface area contributed by atoms with Crippen LogP contribution in [0, 0.1) is 0 Å². The van der Waals surface area contributed by atoms with Gasteiger partial charge in [0, 0.05) is 6.08 Å². The lowest BCUT2D eigenvalue weighted by Gasteiger charge is -2.47. The molecule has 1 aliphatic rings. The topological polar surface area (TPSA) is 0 Å². The molecule has 1 rings (SSSR count). The van der Waals surface area contributed by atoms with Gasteiger partial charge in [-0.3, -0.25) is 0 Å². The molecule has 0 N–H and O–H groups in total. The van der Waals surface area contributed by atoms with Gasteiger partial charge in [0.1, 0.15) is 0 Å². The highest BCUT2D eigenvalue weighted by Crippen LogP contribution is 2.66. The van der Waals surface area contributed by atoms with E-state index in [1.54, 1.807) is 0 Å². The Bertz CT molecular complexity index is 552. The highest BCUT2D eigenvalue weighted by atomic mass is 79.9. The van der Waals surface area contributed by atoms with Crippen LogP contribution in [0.25, 0.3) is 0 Å². The van der Waals surface area contributed by atoms with Crippen LogP contribution in [0.1, 0.15) is 0 Å². The van der Waals surface area contributed by atoms with Crippen molar-refractivity contribution in [3.8, 4) is 0 Å². The van der Waals surface area contributed by atoms with Crippen molar-refractivity contribution in [1.29, 1.82) is 0 Å². The van der Waals surface area contributed by atoms with E-state index in [4.69, 9.17) is 0 Å². The summed E-state index contributed by atoms with van der Waals surface area (Å²) >= 11 is 0.722. The van der Waals surface area contributed by atoms with Gasteiger partial charge in [0.2, 0.25) is 0 Å². The van der Waals surface area contributed by atoms with E-state index in [0.29, 0.717) is 0 Å². The predicted molar refractivity (Wildman–Crippen MR) is 51.6 cm³/mol. The van der Waals surface area contributed by atoms with Crippen molar-refractivity contribution >= 4 is 15.9 Å². The smallest absolute Gasteiger partial charge is 0.221 e. The van der Waals surface area contributed by atoms with Crippen LogP contribution in [-0.2, 0) is 0 Å². The standard InChI is InChI=1S/C9HBrF14/c10-8(20,21)5(14,15)2-1-3(11,12)6(16,17)7(18,19)4(2,13)9(22,23)24/h1H. The molecular weight excluding hydrogens is 454 g/mol. The molecule has 1 unspecified atom stereocenters. The summed E-state index contributed by atoms with van der Waals surface area (Å²) in [5.41, 5.74) is -11.4. The van der Waals surface area contributed by atoms with Crippen LogP contribution in [0.4, 0.5) is 61.5 Å². The van der Waals surface area contributed by atoms with Gasteiger partial charge in [-0.05, 0) is 15.9 Å². The lowest BCUT2D eigenvalue weighted by Crippen LogP contribution is -2.73. The van der Waals surface area contributed by atoms with Gasteiger partial charge in [-0.25, -0.2) is 4.39 Å². The van der Waals surface area contributed by atoms with Crippen molar-refractivity contribution in [2.75, 3.05) is 0 Å². The average molecular weight is 455 g/mol. The van der Waals surface area contributed by atoms with E-state index in [1.165, 1.54) is 0 Å². The minimum atomic E-state index is -7.53. The molecule has 0 spiro atoms. The van der Waals surface area contributed by atoms with Gasteiger partial charge in [-0.15, -0.1) is 0 Å². The van der Waals surface area contributed by atoms with Crippen molar-refractivity contribution in [2.45, 2.75) is 40.4 Å². The zero-order valence-electron chi connectivity index (χ0n) is 10.2. The third-order valence-electron chi connectivity index (χ3n) is 3.03. The Morgan fingerprint density at radius 3 is 1.38 bits per heavy atom. The van der Waals surface area contributed by atoms with Gasteiger partial charge in [-0.2, -0.15) is 57.1 Å². The largest absolute Gasteiger partial charge is 0.433 e. The summed E-state index contributed by atoms with van der Waals surface area (Å²) in [5, 5.41) is 0. The van der Waals surface area contributed by atoms with Crippen LogP contribution >= 0.6 is 15.9 Å². The maximum atomic E-state index is 13.8. The Kier molecular flexibility index (Phi) is 4.35. The molecule has 0 fully saturated rings. The molecule has 0 aromatic rings. The number of halogens is 15. The van der Waals surface area contributed by atoms with Gasteiger partial charge in [0.25, 0.3) is 0 Å². The maximum absolute atomic E-state index is 13.8. The molecule has 0 aliphatic heterocycles. The summed E-state index contributed by atoms with van der Waals surface area (Å²) in [5.74, 6) is -27.8. The number of alkyl halides is 15. The second-order valence-electron chi connectivity index (χ2n) is 4.56. The van der Waals surface area contributed by atoms with Crippen LogP contribution in [0.3, 0.4) is 0 Å². The van der Waals surface area contributed by atoms with E-state index < -0.39 is 52.0 Å². The molecule has 0 heterocycles.